The van der Waals surface area contributed by atoms with Crippen LogP contribution in [0.3, 0.4) is 0 Å². The predicted octanol–water partition coefficient (Wildman–Crippen LogP) is 1.86. The Morgan fingerprint density at radius 1 is 1.35 bits per heavy atom. The molecule has 0 bridgehead atoms. The highest BCUT2D eigenvalue weighted by Gasteiger charge is 2.56. The molecule has 2 atom stereocenters. The number of sulfone groups is 1. The molecule has 1 aliphatic heterocycles. The molecular weight excluding hydrogens is 280 g/mol. The lowest BCUT2D eigenvalue weighted by Crippen LogP contribution is -2.43. The number of rotatable bonds is 5. The molecule has 1 saturated heterocycles. The van der Waals surface area contributed by atoms with Gasteiger partial charge in [-0.2, -0.15) is 0 Å². The molecule has 0 radical (unpaired) electrons. The van der Waals surface area contributed by atoms with E-state index in [1.165, 1.54) is 0 Å². The molecule has 6 heteroatoms. The molecule has 5 nitrogen and oxygen atoms in total. The van der Waals surface area contributed by atoms with Gasteiger partial charge in [0.15, 0.2) is 9.84 Å². The van der Waals surface area contributed by atoms with Crippen LogP contribution >= 0.6 is 0 Å². The lowest BCUT2D eigenvalue weighted by molar-refractivity contribution is -0.153. The van der Waals surface area contributed by atoms with E-state index in [-0.39, 0.29) is 18.3 Å². The Labute approximate surface area is 120 Å². The third-order valence-electron chi connectivity index (χ3n) is 4.62. The van der Waals surface area contributed by atoms with E-state index in [0.717, 1.165) is 12.8 Å². The van der Waals surface area contributed by atoms with Gasteiger partial charge in [0.2, 0.25) is 0 Å². The average Bonchev–Trinajstić information content (AvgIpc) is 3.05. The lowest BCUT2D eigenvalue weighted by Gasteiger charge is -2.31. The largest absolute Gasteiger partial charge is 0.481 e. The van der Waals surface area contributed by atoms with Gasteiger partial charge in [-0.15, -0.1) is 0 Å². The second-order valence-corrected chi connectivity index (χ2v) is 9.88. The smallest absolute Gasteiger partial charge is 0.312 e. The van der Waals surface area contributed by atoms with Crippen molar-refractivity contribution in [2.75, 3.05) is 12.4 Å². The van der Waals surface area contributed by atoms with Gasteiger partial charge in [0.25, 0.3) is 0 Å². The Morgan fingerprint density at radius 2 is 1.95 bits per heavy atom. The summed E-state index contributed by atoms with van der Waals surface area (Å²) >= 11 is 0. The maximum atomic E-state index is 12.2. The number of aliphatic carboxylic acids is 1. The fraction of sp³-hybridized carbons (Fsp3) is 0.929. The van der Waals surface area contributed by atoms with Crippen LogP contribution in [0.4, 0.5) is 0 Å². The molecule has 116 valence electrons. The second-order valence-electron chi connectivity index (χ2n) is 7.02. The van der Waals surface area contributed by atoms with E-state index < -0.39 is 26.0 Å². The third-order valence-corrected chi connectivity index (χ3v) is 7.22. The number of ether oxygens (including phenoxy) is 1. The van der Waals surface area contributed by atoms with Gasteiger partial charge in [-0.25, -0.2) is 8.42 Å². The van der Waals surface area contributed by atoms with Crippen LogP contribution in [-0.4, -0.2) is 42.7 Å². The molecule has 2 fully saturated rings. The minimum absolute atomic E-state index is 0.0879. The van der Waals surface area contributed by atoms with Crippen LogP contribution in [-0.2, 0) is 19.4 Å². The highest BCUT2D eigenvalue weighted by Crippen LogP contribution is 2.50. The van der Waals surface area contributed by atoms with E-state index in [2.05, 4.69) is 0 Å². The molecule has 2 rings (SSSR count). The molecule has 0 aromatic rings. The maximum absolute atomic E-state index is 12.2. The first-order valence-electron chi connectivity index (χ1n) is 7.17. The Morgan fingerprint density at radius 3 is 2.40 bits per heavy atom. The van der Waals surface area contributed by atoms with Gasteiger partial charge in [0.1, 0.15) is 0 Å². The van der Waals surface area contributed by atoms with E-state index in [1.807, 2.05) is 0 Å². The first kappa shape index (κ1) is 15.8. The van der Waals surface area contributed by atoms with E-state index in [4.69, 9.17) is 4.74 Å². The van der Waals surface area contributed by atoms with Crippen LogP contribution in [0.5, 0.6) is 0 Å². The average molecular weight is 304 g/mol. The van der Waals surface area contributed by atoms with Crippen LogP contribution in [0.15, 0.2) is 0 Å². The van der Waals surface area contributed by atoms with Crippen LogP contribution < -0.4 is 0 Å². The van der Waals surface area contributed by atoms with Crippen LogP contribution in [0.25, 0.3) is 0 Å². The highest BCUT2D eigenvalue weighted by molar-refractivity contribution is 7.92. The lowest BCUT2D eigenvalue weighted by atomic mass is 9.76. The summed E-state index contributed by atoms with van der Waals surface area (Å²) in [7, 11) is -3.30. The van der Waals surface area contributed by atoms with Gasteiger partial charge in [-0.3, -0.25) is 4.79 Å². The topological polar surface area (TPSA) is 80.7 Å². The minimum atomic E-state index is -3.30. The third kappa shape index (κ3) is 2.72. The van der Waals surface area contributed by atoms with Crippen LogP contribution in [0.2, 0.25) is 0 Å². The molecule has 1 saturated carbocycles. The number of hydrogen-bond donors (Lipinski definition) is 1. The van der Waals surface area contributed by atoms with Crippen molar-refractivity contribution in [3.8, 4) is 0 Å². The van der Waals surface area contributed by atoms with Gasteiger partial charge >= 0.3 is 5.97 Å². The zero-order valence-electron chi connectivity index (χ0n) is 12.4. The van der Waals surface area contributed by atoms with Crippen molar-refractivity contribution >= 4 is 15.8 Å². The van der Waals surface area contributed by atoms with Gasteiger partial charge in [0.05, 0.1) is 22.0 Å². The van der Waals surface area contributed by atoms with Gasteiger partial charge in [-0.05, 0) is 52.4 Å². The summed E-state index contributed by atoms with van der Waals surface area (Å²) in [6.07, 6.45) is 2.25. The molecule has 0 aromatic carbocycles. The number of carboxylic acids is 1. The van der Waals surface area contributed by atoms with Gasteiger partial charge in [0, 0.05) is 6.61 Å². The molecule has 1 aliphatic carbocycles. The van der Waals surface area contributed by atoms with E-state index in [1.54, 1.807) is 20.8 Å². The first-order valence-corrected chi connectivity index (χ1v) is 8.83. The van der Waals surface area contributed by atoms with Crippen molar-refractivity contribution in [1.82, 2.24) is 0 Å². The Hall–Kier alpha value is -0.620. The summed E-state index contributed by atoms with van der Waals surface area (Å²) in [5, 5.41) is 9.64. The summed E-state index contributed by atoms with van der Waals surface area (Å²) in [5.41, 5.74) is -1.01. The molecule has 1 N–H and O–H groups in total. The molecule has 0 aromatic heterocycles. The standard InChI is InChI=1S/C14H24O5S/c1-13(2,3)20(17,18)9-7-14(12(15)16)6-8-19-11(14)10-4-5-10/h10-11H,4-9H2,1-3H3,(H,15,16). The quantitative estimate of drug-likeness (QED) is 0.838. The van der Waals surface area contributed by atoms with E-state index in [0.29, 0.717) is 18.9 Å². The normalized spacial score (nSPS) is 31.4. The highest BCUT2D eigenvalue weighted by atomic mass is 32.2. The maximum Gasteiger partial charge on any atom is 0.312 e. The van der Waals surface area contributed by atoms with E-state index in [9.17, 15) is 18.3 Å². The van der Waals surface area contributed by atoms with Crippen LogP contribution in [0, 0.1) is 11.3 Å². The summed E-state index contributed by atoms with van der Waals surface area (Å²) in [5.74, 6) is -0.697. The van der Waals surface area contributed by atoms with Crippen molar-refractivity contribution in [3.05, 3.63) is 0 Å². The SMILES string of the molecule is CC(C)(C)S(=O)(=O)CCC1(C(=O)O)CCOC1C1CC1. The molecule has 0 amide bonds. The summed E-state index contributed by atoms with van der Waals surface area (Å²) in [4.78, 5) is 11.8. The van der Waals surface area contributed by atoms with Gasteiger partial charge < -0.3 is 9.84 Å². The minimum Gasteiger partial charge on any atom is -0.481 e. The fourth-order valence-corrected chi connectivity index (χ4v) is 4.13. The van der Waals surface area contributed by atoms with E-state index >= 15 is 0 Å². The molecule has 20 heavy (non-hydrogen) atoms. The van der Waals surface area contributed by atoms with Crippen molar-refractivity contribution in [2.45, 2.75) is 57.3 Å². The zero-order valence-corrected chi connectivity index (χ0v) is 13.2. The zero-order chi connectivity index (χ0) is 15.2. The van der Waals surface area contributed by atoms with Crippen molar-refractivity contribution < 1.29 is 23.1 Å². The number of carboxylic acid groups (broad SMARTS) is 1. The van der Waals surface area contributed by atoms with Crippen molar-refractivity contribution in [1.29, 1.82) is 0 Å². The Balaban J connectivity index is 2.17. The van der Waals surface area contributed by atoms with Gasteiger partial charge in [-0.1, -0.05) is 0 Å². The molecule has 2 aliphatic rings. The monoisotopic (exact) mass is 304 g/mol. The summed E-state index contributed by atoms with van der Waals surface area (Å²) in [6, 6.07) is 0. The predicted molar refractivity (Wildman–Crippen MR) is 75.3 cm³/mol. The molecular formula is C14H24O5S. The summed E-state index contributed by atoms with van der Waals surface area (Å²) in [6.45, 7) is 5.38. The summed E-state index contributed by atoms with van der Waals surface area (Å²) < 4.78 is 29.2. The second kappa shape index (κ2) is 4.98. The molecule has 0 spiro atoms. The van der Waals surface area contributed by atoms with Crippen LogP contribution in [0.1, 0.15) is 46.5 Å². The van der Waals surface area contributed by atoms with Crippen molar-refractivity contribution in [3.63, 3.8) is 0 Å². The number of hydrogen-bond acceptors (Lipinski definition) is 4. The Bertz CT molecular complexity index is 486. The Kier molecular flexibility index (Phi) is 3.93. The first-order chi connectivity index (χ1) is 9.10. The fourth-order valence-electron chi connectivity index (χ4n) is 2.88. The molecule has 1 heterocycles. The number of carbonyl (C=O) groups is 1. The van der Waals surface area contributed by atoms with Crippen molar-refractivity contribution in [2.24, 2.45) is 11.3 Å². The molecule has 2 unspecified atom stereocenters.